The number of thiophene rings is 1. The van der Waals surface area contributed by atoms with Crippen LogP contribution in [-0.2, 0) is 11.2 Å². The fourth-order valence-corrected chi connectivity index (χ4v) is 3.03. The molecule has 1 unspecified atom stereocenters. The first-order chi connectivity index (χ1) is 8.75. The summed E-state index contributed by atoms with van der Waals surface area (Å²) in [5, 5.41) is 1.91. The van der Waals surface area contributed by atoms with Crippen LogP contribution in [0.5, 0.6) is 0 Å². The molecule has 0 N–H and O–H groups in total. The third kappa shape index (κ3) is 2.00. The van der Waals surface area contributed by atoms with E-state index in [1.165, 1.54) is 5.56 Å². The maximum atomic E-state index is 12.5. The number of ketones is 1. The fraction of sp³-hybridized carbons (Fsp3) is 0.267. The van der Waals surface area contributed by atoms with Crippen molar-refractivity contribution in [2.24, 2.45) is 0 Å². The second-order valence-corrected chi connectivity index (χ2v) is 5.63. The number of hydrogen-bond acceptors (Lipinski definition) is 3. The highest BCUT2D eigenvalue weighted by molar-refractivity contribution is 7.10. The molecular weight excluding hydrogens is 244 g/mol. The van der Waals surface area contributed by atoms with E-state index in [1.807, 2.05) is 36.6 Å². The van der Waals surface area contributed by atoms with Crippen molar-refractivity contribution >= 4 is 17.1 Å². The van der Waals surface area contributed by atoms with Crippen molar-refractivity contribution in [1.82, 2.24) is 0 Å². The van der Waals surface area contributed by atoms with Gasteiger partial charge in [-0.2, -0.15) is 0 Å². The number of hydrogen-bond donors (Lipinski definition) is 0. The van der Waals surface area contributed by atoms with E-state index >= 15 is 0 Å². The van der Waals surface area contributed by atoms with Crippen LogP contribution in [0.3, 0.4) is 0 Å². The van der Waals surface area contributed by atoms with E-state index in [9.17, 15) is 4.79 Å². The van der Waals surface area contributed by atoms with E-state index < -0.39 is 6.10 Å². The Kier molecular flexibility index (Phi) is 3.02. The van der Waals surface area contributed by atoms with Gasteiger partial charge >= 0.3 is 0 Å². The van der Waals surface area contributed by atoms with Crippen LogP contribution < -0.4 is 0 Å². The van der Waals surface area contributed by atoms with Gasteiger partial charge in [0.25, 0.3) is 0 Å². The molecule has 1 aliphatic rings. The molecule has 0 saturated heterocycles. The van der Waals surface area contributed by atoms with Crippen molar-refractivity contribution < 1.29 is 9.53 Å². The predicted molar refractivity (Wildman–Crippen MR) is 72.2 cm³/mol. The fourth-order valence-electron chi connectivity index (χ4n) is 2.34. The van der Waals surface area contributed by atoms with Crippen LogP contribution in [0.1, 0.15) is 32.5 Å². The molecule has 3 heteroatoms. The van der Waals surface area contributed by atoms with Crippen LogP contribution in [0.4, 0.5) is 0 Å². The lowest BCUT2D eigenvalue weighted by Crippen LogP contribution is -2.23. The van der Waals surface area contributed by atoms with Crippen LogP contribution in [0, 0.1) is 6.92 Å². The average molecular weight is 258 g/mol. The highest BCUT2D eigenvalue weighted by Crippen LogP contribution is 2.30. The molecule has 0 spiro atoms. The lowest BCUT2D eigenvalue weighted by atomic mass is 9.93. The van der Waals surface area contributed by atoms with E-state index in [0.717, 1.165) is 22.4 Å². The minimum Gasteiger partial charge on any atom is -0.365 e. The maximum absolute atomic E-state index is 12.5. The Labute approximate surface area is 110 Å². The summed E-state index contributed by atoms with van der Waals surface area (Å²) in [6, 6.07) is 9.99. The van der Waals surface area contributed by atoms with Gasteiger partial charge in [0.05, 0.1) is 6.61 Å². The molecule has 92 valence electrons. The molecule has 1 aliphatic heterocycles. The molecule has 0 saturated carbocycles. The zero-order valence-corrected chi connectivity index (χ0v) is 11.0. The summed E-state index contributed by atoms with van der Waals surface area (Å²) in [6.07, 6.45) is 0.465. The van der Waals surface area contributed by atoms with E-state index in [2.05, 4.69) is 6.07 Å². The number of carbonyl (C=O) groups is 1. The summed E-state index contributed by atoms with van der Waals surface area (Å²) in [4.78, 5) is 13.6. The molecule has 18 heavy (non-hydrogen) atoms. The smallest absolute Gasteiger partial charge is 0.196 e. The van der Waals surface area contributed by atoms with Crippen LogP contribution in [-0.4, -0.2) is 12.4 Å². The van der Waals surface area contributed by atoms with E-state index in [-0.39, 0.29) is 5.78 Å². The minimum absolute atomic E-state index is 0.0755. The average Bonchev–Trinajstić information content (AvgIpc) is 2.84. The van der Waals surface area contributed by atoms with Crippen LogP contribution >= 0.6 is 11.3 Å². The highest BCUT2D eigenvalue weighted by Gasteiger charge is 2.28. The third-order valence-electron chi connectivity index (χ3n) is 3.25. The number of ether oxygens (including phenoxy) is 1. The molecule has 1 aromatic heterocycles. The largest absolute Gasteiger partial charge is 0.365 e. The number of rotatable bonds is 2. The van der Waals surface area contributed by atoms with Gasteiger partial charge in [0.1, 0.15) is 6.10 Å². The lowest BCUT2D eigenvalue weighted by molar-refractivity contribution is 0.0349. The molecular formula is C15H14O2S. The Bertz CT molecular complexity index is 586. The summed E-state index contributed by atoms with van der Waals surface area (Å²) in [5.41, 5.74) is 3.02. The summed E-state index contributed by atoms with van der Waals surface area (Å²) >= 11 is 1.60. The van der Waals surface area contributed by atoms with Crippen molar-refractivity contribution in [3.05, 3.63) is 57.3 Å². The van der Waals surface area contributed by atoms with Gasteiger partial charge in [-0.15, -0.1) is 11.3 Å². The van der Waals surface area contributed by atoms with Crippen molar-refractivity contribution in [3.8, 4) is 0 Å². The van der Waals surface area contributed by atoms with E-state index in [0.29, 0.717) is 6.61 Å². The Morgan fingerprint density at radius 2 is 2.22 bits per heavy atom. The SMILES string of the molecule is Cc1cc(C(=O)C2OCCc3ccccc32)cs1. The first kappa shape index (κ1) is 11.6. The van der Waals surface area contributed by atoms with Crippen molar-refractivity contribution in [2.75, 3.05) is 6.61 Å². The summed E-state index contributed by atoms with van der Waals surface area (Å²) in [5.74, 6) is 0.0755. The Morgan fingerprint density at radius 1 is 1.39 bits per heavy atom. The van der Waals surface area contributed by atoms with Crippen LogP contribution in [0.15, 0.2) is 35.7 Å². The van der Waals surface area contributed by atoms with Gasteiger partial charge in [-0.3, -0.25) is 4.79 Å². The maximum Gasteiger partial charge on any atom is 0.196 e. The first-order valence-electron chi connectivity index (χ1n) is 6.04. The molecule has 0 bridgehead atoms. The van der Waals surface area contributed by atoms with E-state index in [1.54, 1.807) is 11.3 Å². The monoisotopic (exact) mass is 258 g/mol. The number of carbonyl (C=O) groups excluding carboxylic acids is 1. The second kappa shape index (κ2) is 4.67. The van der Waals surface area contributed by atoms with Crippen molar-refractivity contribution in [1.29, 1.82) is 0 Å². The number of aryl methyl sites for hydroxylation is 1. The Morgan fingerprint density at radius 3 is 3.00 bits per heavy atom. The summed E-state index contributed by atoms with van der Waals surface area (Å²) in [7, 11) is 0. The normalized spacial score (nSPS) is 18.4. The second-order valence-electron chi connectivity index (χ2n) is 4.51. The van der Waals surface area contributed by atoms with Crippen LogP contribution in [0.25, 0.3) is 0 Å². The predicted octanol–water partition coefficient (Wildman–Crippen LogP) is 3.55. The van der Waals surface area contributed by atoms with Crippen molar-refractivity contribution in [2.45, 2.75) is 19.4 Å². The molecule has 2 nitrogen and oxygen atoms in total. The van der Waals surface area contributed by atoms with E-state index in [4.69, 9.17) is 4.74 Å². The summed E-state index contributed by atoms with van der Waals surface area (Å²) < 4.78 is 5.68. The van der Waals surface area contributed by atoms with Gasteiger partial charge < -0.3 is 4.74 Å². The molecule has 3 rings (SSSR count). The quantitative estimate of drug-likeness (QED) is 0.770. The Balaban J connectivity index is 1.96. The van der Waals surface area contributed by atoms with Gasteiger partial charge in [-0.25, -0.2) is 0 Å². The molecule has 0 amide bonds. The number of Topliss-reactive ketones (excluding diaryl/α,β-unsaturated/α-hetero) is 1. The van der Waals surface area contributed by atoms with Gasteiger partial charge in [0, 0.05) is 15.8 Å². The van der Waals surface area contributed by atoms with Crippen LogP contribution in [0.2, 0.25) is 0 Å². The molecule has 0 aliphatic carbocycles. The molecule has 1 atom stereocenters. The zero-order chi connectivity index (χ0) is 12.5. The standard InChI is InChI=1S/C15H14O2S/c1-10-8-12(9-18-10)14(16)15-13-5-3-2-4-11(13)6-7-17-15/h2-5,8-9,15H,6-7H2,1H3. The molecule has 2 aromatic rings. The minimum atomic E-state index is -0.427. The molecule has 1 aromatic carbocycles. The lowest BCUT2D eigenvalue weighted by Gasteiger charge is -2.24. The van der Waals surface area contributed by atoms with Crippen molar-refractivity contribution in [3.63, 3.8) is 0 Å². The molecule has 0 radical (unpaired) electrons. The molecule has 0 fully saturated rings. The van der Waals surface area contributed by atoms with Gasteiger partial charge in [0.2, 0.25) is 0 Å². The first-order valence-corrected chi connectivity index (χ1v) is 6.92. The van der Waals surface area contributed by atoms with Gasteiger partial charge in [-0.1, -0.05) is 24.3 Å². The topological polar surface area (TPSA) is 26.3 Å². The zero-order valence-electron chi connectivity index (χ0n) is 10.2. The highest BCUT2D eigenvalue weighted by atomic mass is 32.1. The number of benzene rings is 1. The van der Waals surface area contributed by atoms with Gasteiger partial charge in [-0.05, 0) is 30.5 Å². The number of fused-ring (bicyclic) bond motifs is 1. The third-order valence-corrected chi connectivity index (χ3v) is 4.11. The van der Waals surface area contributed by atoms with Gasteiger partial charge in [0.15, 0.2) is 5.78 Å². The molecule has 2 heterocycles. The Hall–Kier alpha value is -1.45. The summed E-state index contributed by atoms with van der Waals surface area (Å²) in [6.45, 7) is 2.63.